The number of hydrogen-bond acceptors (Lipinski definition) is 6. The molecule has 1 nitrogen and oxygen atoms in total. The lowest BCUT2D eigenvalue weighted by atomic mass is 10.0. The average molecular weight is 760 g/mol. The van der Waals surface area contributed by atoms with Crippen LogP contribution in [0, 0.1) is 0 Å². The second kappa shape index (κ2) is 17.0. The number of aryl methyl sites for hydroxylation is 3. The van der Waals surface area contributed by atoms with Gasteiger partial charge in [-0.05, 0) is 90.4 Å². The van der Waals surface area contributed by atoms with Gasteiger partial charge in [0.15, 0.2) is 0 Å². The summed E-state index contributed by atoms with van der Waals surface area (Å²) < 4.78 is 5.63. The first kappa shape index (κ1) is 35.4. The van der Waals surface area contributed by atoms with Crippen molar-refractivity contribution in [3.63, 3.8) is 0 Å². The van der Waals surface area contributed by atoms with Crippen LogP contribution in [0.4, 0.5) is 0 Å². The van der Waals surface area contributed by atoms with Crippen molar-refractivity contribution >= 4 is 88.5 Å². The van der Waals surface area contributed by atoms with Crippen molar-refractivity contribution in [1.82, 2.24) is 4.57 Å². The predicted octanol–water partition coefficient (Wildman–Crippen LogP) is 16.7. The molecule has 0 aromatic carbocycles. The van der Waals surface area contributed by atoms with Gasteiger partial charge in [0.25, 0.3) is 0 Å². The lowest BCUT2D eigenvalue weighted by Crippen LogP contribution is -1.96. The summed E-state index contributed by atoms with van der Waals surface area (Å²) in [5.41, 5.74) is 6.03. The van der Waals surface area contributed by atoms with Crippen molar-refractivity contribution in [3.05, 3.63) is 70.4 Å². The Bertz CT molecular complexity index is 2040. The Morgan fingerprint density at radius 1 is 0.469 bits per heavy atom. The Labute approximate surface area is 317 Å². The second-order valence-electron chi connectivity index (χ2n) is 13.4. The summed E-state index contributed by atoms with van der Waals surface area (Å²) in [4.78, 5) is 11.7. The molecule has 7 aromatic heterocycles. The maximum atomic E-state index is 2.66. The van der Waals surface area contributed by atoms with Gasteiger partial charge in [-0.15, -0.1) is 68.0 Å². The molecular formula is C42H49NS6. The van der Waals surface area contributed by atoms with Crippen LogP contribution in [0.25, 0.3) is 59.5 Å². The third kappa shape index (κ3) is 7.93. The summed E-state index contributed by atoms with van der Waals surface area (Å²) in [6.45, 7) is 8.06. The van der Waals surface area contributed by atoms with E-state index in [4.69, 9.17) is 0 Å². The molecule has 7 heteroatoms. The van der Waals surface area contributed by atoms with E-state index in [0.717, 1.165) is 6.54 Å². The van der Waals surface area contributed by atoms with Crippen LogP contribution in [0.1, 0.15) is 109 Å². The molecule has 0 bridgehead atoms. The highest BCUT2D eigenvalue weighted by Gasteiger charge is 2.23. The molecule has 7 rings (SSSR count). The minimum Gasteiger partial charge on any atom is -0.339 e. The summed E-state index contributed by atoms with van der Waals surface area (Å²) >= 11 is 11.9. The minimum absolute atomic E-state index is 1.11. The number of aromatic nitrogens is 1. The van der Waals surface area contributed by atoms with Gasteiger partial charge < -0.3 is 4.57 Å². The Morgan fingerprint density at radius 3 is 1.39 bits per heavy atom. The molecule has 0 saturated heterocycles. The van der Waals surface area contributed by atoms with Crippen molar-refractivity contribution < 1.29 is 0 Å². The second-order valence-corrected chi connectivity index (χ2v) is 19.5. The maximum absolute atomic E-state index is 2.66. The van der Waals surface area contributed by atoms with Crippen LogP contribution < -0.4 is 0 Å². The van der Waals surface area contributed by atoms with Crippen molar-refractivity contribution in [1.29, 1.82) is 0 Å². The molecule has 0 spiro atoms. The van der Waals surface area contributed by atoms with E-state index in [9.17, 15) is 0 Å². The molecule has 258 valence electrons. The van der Waals surface area contributed by atoms with Crippen LogP contribution in [0.15, 0.2) is 59.3 Å². The lowest BCUT2D eigenvalue weighted by Gasteiger charge is -2.06. The quantitative estimate of drug-likeness (QED) is 0.0724. The number of unbranched alkanes of at least 4 members (excludes halogenated alkanes) is 9. The van der Waals surface area contributed by atoms with Gasteiger partial charge in [0.2, 0.25) is 0 Å². The topological polar surface area (TPSA) is 4.93 Å². The van der Waals surface area contributed by atoms with E-state index in [1.54, 1.807) is 20.9 Å². The molecule has 0 atom stereocenters. The van der Waals surface area contributed by atoms with E-state index in [2.05, 4.69) is 96.0 Å². The molecule has 0 aliphatic rings. The smallest absolute Gasteiger partial charge is 0.0708 e. The van der Waals surface area contributed by atoms with Gasteiger partial charge in [-0.25, -0.2) is 0 Å². The Morgan fingerprint density at radius 2 is 0.918 bits per heavy atom. The van der Waals surface area contributed by atoms with Crippen LogP contribution in [0.5, 0.6) is 0 Å². The van der Waals surface area contributed by atoms with Crippen molar-refractivity contribution in [2.75, 3.05) is 0 Å². The zero-order valence-corrected chi connectivity index (χ0v) is 34.2. The molecule has 0 fully saturated rings. The van der Waals surface area contributed by atoms with Gasteiger partial charge in [-0.1, -0.05) is 90.7 Å². The predicted molar refractivity (Wildman–Crippen MR) is 228 cm³/mol. The van der Waals surface area contributed by atoms with Crippen molar-refractivity contribution in [2.45, 2.75) is 117 Å². The third-order valence-electron chi connectivity index (χ3n) is 9.64. The number of nitrogens with zero attached hydrogens (tertiary/aromatic N) is 1. The molecule has 0 amide bonds. The number of fused-ring (bicyclic) bond motifs is 3. The minimum atomic E-state index is 1.11. The van der Waals surface area contributed by atoms with E-state index in [-0.39, 0.29) is 0 Å². The summed E-state index contributed by atoms with van der Waals surface area (Å²) in [6, 6.07) is 19.1. The van der Waals surface area contributed by atoms with Crippen LogP contribution in [-0.2, 0) is 19.4 Å². The molecule has 0 aliphatic carbocycles. The molecule has 49 heavy (non-hydrogen) atoms. The molecule has 0 aliphatic heterocycles. The molecule has 0 N–H and O–H groups in total. The van der Waals surface area contributed by atoms with E-state index in [1.807, 2.05) is 56.7 Å². The van der Waals surface area contributed by atoms with E-state index < -0.39 is 0 Å². The van der Waals surface area contributed by atoms with Gasteiger partial charge in [0.05, 0.1) is 20.4 Å². The van der Waals surface area contributed by atoms with Crippen LogP contribution in [-0.4, -0.2) is 4.57 Å². The zero-order valence-electron chi connectivity index (χ0n) is 29.3. The molecular weight excluding hydrogens is 711 g/mol. The van der Waals surface area contributed by atoms with Crippen molar-refractivity contribution in [2.24, 2.45) is 0 Å². The van der Waals surface area contributed by atoms with Crippen LogP contribution >= 0.6 is 68.0 Å². The molecule has 7 heterocycles. The fourth-order valence-electron chi connectivity index (χ4n) is 6.98. The third-order valence-corrected chi connectivity index (χ3v) is 16.9. The van der Waals surface area contributed by atoms with Crippen LogP contribution in [0.2, 0.25) is 0 Å². The number of rotatable bonds is 19. The first-order valence-corrected chi connectivity index (χ1v) is 23.6. The highest BCUT2D eigenvalue weighted by molar-refractivity contribution is 7.33. The van der Waals surface area contributed by atoms with E-state index in [1.165, 1.54) is 140 Å². The molecule has 0 unspecified atom stereocenters. The highest BCUT2D eigenvalue weighted by atomic mass is 32.1. The Balaban J connectivity index is 1.30. The molecule has 0 radical (unpaired) electrons. The molecule has 0 saturated carbocycles. The van der Waals surface area contributed by atoms with Gasteiger partial charge in [0.1, 0.15) is 0 Å². The maximum Gasteiger partial charge on any atom is 0.0708 e. The largest absolute Gasteiger partial charge is 0.339 e. The van der Waals surface area contributed by atoms with Gasteiger partial charge >= 0.3 is 0 Å². The summed E-state index contributed by atoms with van der Waals surface area (Å²) in [5.74, 6) is 0. The van der Waals surface area contributed by atoms with E-state index >= 15 is 0 Å². The SMILES string of the molecule is CCCCCCc1cc(-c2cccs2)sc1-c1sc(-c2cc3c(s2)c2sc(-c4cccs4)cc2n3CCCCCC)cc1CCCCCC. The lowest BCUT2D eigenvalue weighted by molar-refractivity contribution is 0.602. The Kier molecular flexibility index (Phi) is 12.3. The standard InChI is InChI=1S/C42H49NS6/c1-4-7-10-13-18-29-25-35(33-20-16-23-44-33)46-39(29)40-30(19-14-11-8-5-2)26-36(47-40)38-28-32-42(49-38)41-31(43(32)22-15-12-9-6-3)27-37(48-41)34-21-17-24-45-34/h16-17,20-21,23-28H,4-15,18-19,22H2,1-3H3. The average Bonchev–Trinajstić information content (AvgIpc) is 3.95. The fourth-order valence-corrected chi connectivity index (χ4v) is 13.8. The first-order valence-electron chi connectivity index (χ1n) is 18.6. The first-order chi connectivity index (χ1) is 24.2. The van der Waals surface area contributed by atoms with Crippen LogP contribution in [0.3, 0.4) is 0 Å². The van der Waals surface area contributed by atoms with Crippen molar-refractivity contribution in [3.8, 4) is 39.0 Å². The summed E-state index contributed by atoms with van der Waals surface area (Å²) in [7, 11) is 0. The van der Waals surface area contributed by atoms with Gasteiger partial charge in [0, 0.05) is 45.6 Å². The molecule has 7 aromatic rings. The fraction of sp³-hybridized carbons (Fsp3) is 0.429. The number of thiophene rings is 6. The summed E-state index contributed by atoms with van der Waals surface area (Å²) in [5, 5.41) is 4.43. The highest BCUT2D eigenvalue weighted by Crippen LogP contribution is 2.51. The van der Waals surface area contributed by atoms with Gasteiger partial charge in [-0.2, -0.15) is 0 Å². The number of hydrogen-bond donors (Lipinski definition) is 0. The van der Waals surface area contributed by atoms with E-state index in [0.29, 0.717) is 0 Å². The zero-order chi connectivity index (χ0) is 33.6. The normalized spacial score (nSPS) is 12.0. The van der Waals surface area contributed by atoms with Gasteiger partial charge in [-0.3, -0.25) is 0 Å². The monoisotopic (exact) mass is 759 g/mol. The summed E-state index contributed by atoms with van der Waals surface area (Å²) in [6.07, 6.45) is 18.0. The Hall–Kier alpha value is -2.00.